The molecular weight excluding hydrogens is 973 g/mol. The Balaban J connectivity index is 0.774. The summed E-state index contributed by atoms with van der Waals surface area (Å²) >= 11 is 0. The number of carbonyl (C=O) groups excluding carboxylic acids is 2. The maximum absolute atomic E-state index is 13.9. The summed E-state index contributed by atoms with van der Waals surface area (Å²) in [6.45, 7) is 2.85. The van der Waals surface area contributed by atoms with Gasteiger partial charge in [-0.2, -0.15) is 0 Å². The number of benzene rings is 8. The first kappa shape index (κ1) is 55.7. The minimum Gasteiger partial charge on any atom is -0.485 e. The molecule has 8 rings (SSSR count). The molecule has 78 heavy (non-hydrogen) atoms. The molecule has 0 bridgehead atoms. The van der Waals surface area contributed by atoms with Gasteiger partial charge in [0.1, 0.15) is 39.6 Å². The topological polar surface area (TPSA) is 114 Å². The number of hydrogen-bond donors (Lipinski definition) is 2. The molecule has 0 heterocycles. The monoisotopic (exact) mass is 1040 g/mol. The normalized spacial score (nSPS) is 10.8. The Hall–Kier alpha value is -8.50. The first-order chi connectivity index (χ1) is 38.6. The fraction of sp³-hybridized carbons (Fsp3) is 0.265. The summed E-state index contributed by atoms with van der Waals surface area (Å²) in [5.41, 5.74) is 6.74. The van der Waals surface area contributed by atoms with Crippen molar-refractivity contribution in [3.8, 4) is 34.5 Å². The van der Waals surface area contributed by atoms with E-state index in [9.17, 15) is 9.59 Å². The first-order valence-electron chi connectivity index (χ1n) is 27.5. The van der Waals surface area contributed by atoms with Crippen molar-refractivity contribution >= 4 is 11.8 Å². The first-order valence-corrected chi connectivity index (χ1v) is 27.5. The molecule has 0 aromatic heterocycles. The van der Waals surface area contributed by atoms with Crippen LogP contribution in [0.25, 0.3) is 0 Å². The quantitative estimate of drug-likeness (QED) is 0.0391. The molecule has 0 fully saturated rings. The average Bonchev–Trinajstić information content (AvgIpc) is 3.53. The van der Waals surface area contributed by atoms with Gasteiger partial charge in [-0.15, -0.1) is 0 Å². The standard InChI is InChI=1S/C68H72N2O8/c71-67(59-41-43-61(73-47-53-29-15-9-16-30-53)65(77-51-57-37-23-13-24-38-57)63(59)75-49-55-33-19-11-20-34-55)69-45-27-7-5-3-1-2-4-6-8-28-46-70-68(72)60-42-44-62(74-48-54-31-17-10-18-32-54)66(78-52-58-39-25-14-26-40-58)64(60)76-50-56-35-21-12-22-36-56/h9-26,29-44H,1-8,27-28,45-52H2,(H,69,71)(H,70,72). The fourth-order valence-corrected chi connectivity index (χ4v) is 8.88. The Morgan fingerprint density at radius 1 is 0.256 bits per heavy atom. The van der Waals surface area contributed by atoms with Gasteiger partial charge in [-0.3, -0.25) is 9.59 Å². The highest BCUT2D eigenvalue weighted by atomic mass is 16.5. The molecule has 0 aliphatic rings. The molecule has 2 N–H and O–H groups in total. The van der Waals surface area contributed by atoms with E-state index in [0.29, 0.717) is 71.9 Å². The molecule has 0 aliphatic carbocycles. The number of hydrogen-bond acceptors (Lipinski definition) is 8. The number of nitrogens with one attached hydrogen (secondary N) is 2. The predicted molar refractivity (Wildman–Crippen MR) is 308 cm³/mol. The summed E-state index contributed by atoms with van der Waals surface area (Å²) in [6.07, 6.45) is 10.7. The van der Waals surface area contributed by atoms with E-state index >= 15 is 0 Å². The number of ether oxygens (including phenoxy) is 6. The third kappa shape index (κ3) is 18.1. The maximum Gasteiger partial charge on any atom is 0.255 e. The zero-order valence-electron chi connectivity index (χ0n) is 44.6. The van der Waals surface area contributed by atoms with Gasteiger partial charge in [0.25, 0.3) is 11.8 Å². The third-order valence-corrected chi connectivity index (χ3v) is 13.2. The van der Waals surface area contributed by atoms with E-state index in [1.807, 2.05) is 182 Å². The van der Waals surface area contributed by atoms with Gasteiger partial charge in [-0.1, -0.05) is 233 Å². The lowest BCUT2D eigenvalue weighted by atomic mass is 10.1. The minimum absolute atomic E-state index is 0.216. The molecule has 10 heteroatoms. The number of carbonyl (C=O) groups is 2. The highest BCUT2D eigenvalue weighted by Crippen LogP contribution is 2.43. The van der Waals surface area contributed by atoms with Crippen LogP contribution >= 0.6 is 0 Å². The molecule has 2 amide bonds. The highest BCUT2D eigenvalue weighted by Gasteiger charge is 2.25. The zero-order chi connectivity index (χ0) is 53.7. The van der Waals surface area contributed by atoms with Crippen LogP contribution in [0, 0.1) is 0 Å². The molecule has 10 nitrogen and oxygen atoms in total. The van der Waals surface area contributed by atoms with Crippen LogP contribution in [0.5, 0.6) is 34.5 Å². The summed E-state index contributed by atoms with van der Waals surface area (Å²) in [5, 5.41) is 6.30. The summed E-state index contributed by atoms with van der Waals surface area (Å²) in [7, 11) is 0. The maximum atomic E-state index is 13.9. The third-order valence-electron chi connectivity index (χ3n) is 13.2. The molecule has 0 saturated heterocycles. The van der Waals surface area contributed by atoms with E-state index < -0.39 is 0 Å². The van der Waals surface area contributed by atoms with Gasteiger partial charge >= 0.3 is 0 Å². The summed E-state index contributed by atoms with van der Waals surface area (Å²) < 4.78 is 38.6. The smallest absolute Gasteiger partial charge is 0.255 e. The molecule has 8 aromatic carbocycles. The van der Waals surface area contributed by atoms with Crippen LogP contribution in [0.1, 0.15) is 118 Å². The molecule has 8 aromatic rings. The van der Waals surface area contributed by atoms with Crippen molar-refractivity contribution in [1.82, 2.24) is 10.6 Å². The van der Waals surface area contributed by atoms with Gasteiger partial charge < -0.3 is 39.1 Å². The van der Waals surface area contributed by atoms with E-state index in [2.05, 4.69) is 10.6 Å². The lowest BCUT2D eigenvalue weighted by Crippen LogP contribution is -2.25. The molecule has 402 valence electrons. The van der Waals surface area contributed by atoms with E-state index in [0.717, 1.165) is 84.7 Å². The van der Waals surface area contributed by atoms with E-state index in [-0.39, 0.29) is 38.2 Å². The van der Waals surface area contributed by atoms with Crippen molar-refractivity contribution in [2.75, 3.05) is 13.1 Å². The number of amides is 2. The van der Waals surface area contributed by atoms with Gasteiger partial charge in [0.15, 0.2) is 23.0 Å². The van der Waals surface area contributed by atoms with Gasteiger partial charge in [-0.05, 0) is 70.5 Å². The van der Waals surface area contributed by atoms with Crippen LogP contribution in [0.4, 0.5) is 0 Å². The van der Waals surface area contributed by atoms with Gasteiger partial charge in [0, 0.05) is 13.1 Å². The van der Waals surface area contributed by atoms with Crippen LogP contribution in [0.3, 0.4) is 0 Å². The second-order valence-electron chi connectivity index (χ2n) is 19.2. The van der Waals surface area contributed by atoms with E-state index in [1.165, 1.54) is 12.8 Å². The van der Waals surface area contributed by atoms with Crippen LogP contribution in [0.15, 0.2) is 206 Å². The zero-order valence-corrected chi connectivity index (χ0v) is 44.6. The SMILES string of the molecule is O=C(NCCCCCCCCCCCCNC(=O)c1ccc(OCc2ccccc2)c(OCc2ccccc2)c1OCc1ccccc1)c1ccc(OCc2ccccc2)c(OCc2ccccc2)c1OCc1ccccc1. The highest BCUT2D eigenvalue weighted by molar-refractivity contribution is 5.99. The molecule has 0 aliphatic heterocycles. The van der Waals surface area contributed by atoms with Crippen molar-refractivity contribution in [2.24, 2.45) is 0 Å². The van der Waals surface area contributed by atoms with Crippen LogP contribution < -0.4 is 39.1 Å². The van der Waals surface area contributed by atoms with E-state index in [4.69, 9.17) is 28.4 Å². The summed E-state index contributed by atoms with van der Waals surface area (Å²) in [5.74, 6) is 2.07. The van der Waals surface area contributed by atoms with Crippen molar-refractivity contribution in [1.29, 1.82) is 0 Å². The van der Waals surface area contributed by atoms with Crippen LogP contribution in [-0.4, -0.2) is 24.9 Å². The van der Waals surface area contributed by atoms with Crippen molar-refractivity contribution in [3.63, 3.8) is 0 Å². The van der Waals surface area contributed by atoms with Gasteiger partial charge in [-0.25, -0.2) is 0 Å². The molecule has 0 spiro atoms. The Bertz CT molecular complexity index is 2790. The van der Waals surface area contributed by atoms with Gasteiger partial charge in [0.2, 0.25) is 11.5 Å². The molecule has 0 radical (unpaired) electrons. The summed E-state index contributed by atoms with van der Waals surface area (Å²) in [4.78, 5) is 27.8. The predicted octanol–water partition coefficient (Wildman–Crippen LogP) is 15.2. The van der Waals surface area contributed by atoms with Crippen LogP contribution in [-0.2, 0) is 39.6 Å². The lowest BCUT2D eigenvalue weighted by molar-refractivity contribution is 0.0938. The Morgan fingerprint density at radius 3 is 0.756 bits per heavy atom. The van der Waals surface area contributed by atoms with Crippen molar-refractivity contribution in [3.05, 3.63) is 251 Å². The molecular formula is C68H72N2O8. The lowest BCUT2D eigenvalue weighted by Gasteiger charge is -2.20. The van der Waals surface area contributed by atoms with Crippen LogP contribution in [0.2, 0.25) is 0 Å². The largest absolute Gasteiger partial charge is 0.485 e. The number of unbranched alkanes of at least 4 members (excludes halogenated alkanes) is 9. The Labute approximate surface area is 460 Å². The molecule has 0 unspecified atom stereocenters. The van der Waals surface area contributed by atoms with Crippen molar-refractivity contribution in [2.45, 2.75) is 104 Å². The Kier molecular flexibility index (Phi) is 22.5. The average molecular weight is 1050 g/mol. The second-order valence-corrected chi connectivity index (χ2v) is 19.2. The van der Waals surface area contributed by atoms with Gasteiger partial charge in [0.05, 0.1) is 11.1 Å². The fourth-order valence-electron chi connectivity index (χ4n) is 8.88. The second kappa shape index (κ2) is 31.5. The number of rotatable bonds is 33. The minimum atomic E-state index is -0.216. The Morgan fingerprint density at radius 2 is 0.487 bits per heavy atom. The van der Waals surface area contributed by atoms with Crippen molar-refractivity contribution < 1.29 is 38.0 Å². The molecule has 0 atom stereocenters. The summed E-state index contributed by atoms with van der Waals surface area (Å²) in [6, 6.07) is 66.7. The molecule has 0 saturated carbocycles. The van der Waals surface area contributed by atoms with E-state index in [1.54, 1.807) is 24.3 Å².